The molecule has 0 spiro atoms. The number of hydrogen-bond donors (Lipinski definition) is 1. The van der Waals surface area contributed by atoms with E-state index >= 15 is 0 Å². The van der Waals surface area contributed by atoms with Gasteiger partial charge in [-0.2, -0.15) is 0 Å². The first-order chi connectivity index (χ1) is 15.1. The van der Waals surface area contributed by atoms with Gasteiger partial charge in [0.1, 0.15) is 5.75 Å². The lowest BCUT2D eigenvalue weighted by Crippen LogP contribution is -2.46. The smallest absolute Gasteiger partial charge is 0.419 e. The topological polar surface area (TPSA) is 88.2 Å². The van der Waals surface area contributed by atoms with Gasteiger partial charge in [-0.05, 0) is 49.7 Å². The third-order valence-electron chi connectivity index (χ3n) is 5.82. The van der Waals surface area contributed by atoms with E-state index in [-0.39, 0.29) is 5.56 Å². The highest BCUT2D eigenvalue weighted by Gasteiger charge is 2.19. The molecule has 0 unspecified atom stereocenters. The van der Waals surface area contributed by atoms with Crippen molar-refractivity contribution in [2.45, 2.75) is 19.4 Å². The summed E-state index contributed by atoms with van der Waals surface area (Å²) in [5.41, 5.74) is 2.21. The van der Waals surface area contributed by atoms with Gasteiger partial charge in [-0.3, -0.25) is 9.47 Å². The molecule has 8 heteroatoms. The third-order valence-corrected chi connectivity index (χ3v) is 5.82. The largest absolute Gasteiger partial charge is 0.495 e. The summed E-state index contributed by atoms with van der Waals surface area (Å²) in [7, 11) is 1.70. The summed E-state index contributed by atoms with van der Waals surface area (Å²) in [6, 6.07) is 12.6. The first-order valence-corrected chi connectivity index (χ1v) is 10.5. The number of carboxylic acids is 1. The van der Waals surface area contributed by atoms with E-state index in [1.165, 1.54) is 12.1 Å². The van der Waals surface area contributed by atoms with Gasteiger partial charge in [-0.15, -0.1) is 0 Å². The van der Waals surface area contributed by atoms with Crippen LogP contribution in [0, 0.1) is 0 Å². The standard InChI is InChI=1S/C23H27N3O5/c1-30-20-7-3-2-6-18(20)25-14-12-24(13-15-25)10-4-5-11-26-19-9-8-17(22(27)28)16-21(19)31-23(26)29/h2-3,6-9,16H,4-5,10-15H2,1H3,(H,27,28). The molecule has 3 aromatic rings. The maximum Gasteiger partial charge on any atom is 0.419 e. The summed E-state index contributed by atoms with van der Waals surface area (Å²) in [6.45, 7) is 5.43. The summed E-state index contributed by atoms with van der Waals surface area (Å²) < 4.78 is 12.3. The highest BCUT2D eigenvalue weighted by atomic mass is 16.5. The molecule has 1 N–H and O–H groups in total. The molecular weight excluding hydrogens is 398 g/mol. The lowest BCUT2D eigenvalue weighted by Gasteiger charge is -2.36. The molecule has 2 aromatic carbocycles. The molecule has 1 aromatic heterocycles. The number of nitrogens with zero attached hydrogens (tertiary/aromatic N) is 3. The van der Waals surface area contributed by atoms with Gasteiger partial charge >= 0.3 is 11.7 Å². The lowest BCUT2D eigenvalue weighted by molar-refractivity contribution is 0.0697. The number of ether oxygens (including phenoxy) is 1. The van der Waals surface area contributed by atoms with E-state index in [1.54, 1.807) is 17.7 Å². The number of para-hydroxylation sites is 2. The minimum atomic E-state index is -1.04. The molecule has 1 aliphatic heterocycles. The normalized spacial score (nSPS) is 14.8. The quantitative estimate of drug-likeness (QED) is 0.555. The van der Waals surface area contributed by atoms with Crippen LogP contribution < -0.4 is 15.4 Å². The average Bonchev–Trinajstić information content (AvgIpc) is 3.11. The second kappa shape index (κ2) is 9.26. The molecule has 8 nitrogen and oxygen atoms in total. The van der Waals surface area contributed by atoms with Gasteiger partial charge in [0.25, 0.3) is 0 Å². The van der Waals surface area contributed by atoms with Crippen molar-refractivity contribution in [2.24, 2.45) is 0 Å². The zero-order valence-corrected chi connectivity index (χ0v) is 17.6. The van der Waals surface area contributed by atoms with Gasteiger partial charge in [-0.1, -0.05) is 12.1 Å². The van der Waals surface area contributed by atoms with Crippen LogP contribution >= 0.6 is 0 Å². The van der Waals surface area contributed by atoms with Crippen LogP contribution in [0.3, 0.4) is 0 Å². The summed E-state index contributed by atoms with van der Waals surface area (Å²) in [5, 5.41) is 9.08. The van der Waals surface area contributed by atoms with E-state index in [4.69, 9.17) is 14.3 Å². The lowest BCUT2D eigenvalue weighted by atomic mass is 10.2. The van der Waals surface area contributed by atoms with Crippen LogP contribution in [-0.2, 0) is 6.54 Å². The van der Waals surface area contributed by atoms with Gasteiger partial charge in [0, 0.05) is 32.7 Å². The fourth-order valence-corrected chi connectivity index (χ4v) is 4.12. The SMILES string of the molecule is COc1ccccc1N1CCN(CCCCn2c(=O)oc3cc(C(=O)O)ccc32)CC1. The van der Waals surface area contributed by atoms with Crippen LogP contribution in [0.2, 0.25) is 0 Å². The predicted octanol–water partition coefficient (Wildman–Crippen LogP) is 2.90. The zero-order valence-electron chi connectivity index (χ0n) is 17.6. The summed E-state index contributed by atoms with van der Waals surface area (Å²) in [5.74, 6) is -0.574. The maximum absolute atomic E-state index is 12.2. The van der Waals surface area contributed by atoms with Crippen molar-refractivity contribution in [3.63, 3.8) is 0 Å². The summed E-state index contributed by atoms with van der Waals surface area (Å²) >= 11 is 0. The number of carboxylic acid groups (broad SMARTS) is 1. The van der Waals surface area contributed by atoms with Crippen LogP contribution in [0.25, 0.3) is 11.1 Å². The second-order valence-electron chi connectivity index (χ2n) is 7.71. The van der Waals surface area contributed by atoms with Crippen molar-refractivity contribution in [1.82, 2.24) is 9.47 Å². The number of rotatable bonds is 8. The van der Waals surface area contributed by atoms with Gasteiger partial charge in [0.2, 0.25) is 0 Å². The molecule has 0 aliphatic carbocycles. The first-order valence-electron chi connectivity index (χ1n) is 10.5. The molecule has 0 saturated carbocycles. The van der Waals surface area contributed by atoms with E-state index in [9.17, 15) is 9.59 Å². The monoisotopic (exact) mass is 425 g/mol. The number of carbonyl (C=O) groups is 1. The average molecular weight is 425 g/mol. The molecule has 4 rings (SSSR count). The first kappa shape index (κ1) is 21.0. The van der Waals surface area contributed by atoms with E-state index < -0.39 is 11.7 Å². The molecule has 0 radical (unpaired) electrons. The summed E-state index contributed by atoms with van der Waals surface area (Å²) in [6.07, 6.45) is 1.82. The van der Waals surface area contributed by atoms with Crippen LogP contribution in [0.1, 0.15) is 23.2 Å². The number of unbranched alkanes of at least 4 members (excludes halogenated alkanes) is 1. The Kier molecular flexibility index (Phi) is 6.27. The van der Waals surface area contributed by atoms with Gasteiger partial charge < -0.3 is 19.2 Å². The molecule has 0 amide bonds. The van der Waals surface area contributed by atoms with Gasteiger partial charge in [0.05, 0.1) is 23.9 Å². The fraction of sp³-hybridized carbons (Fsp3) is 0.391. The van der Waals surface area contributed by atoms with Crippen LogP contribution in [0.15, 0.2) is 51.7 Å². The van der Waals surface area contributed by atoms with Crippen LogP contribution in [0.5, 0.6) is 5.75 Å². The molecule has 164 valence electrons. The Hall–Kier alpha value is -3.26. The van der Waals surface area contributed by atoms with Crippen molar-refractivity contribution in [3.8, 4) is 5.75 Å². The number of methoxy groups -OCH3 is 1. The molecule has 1 aliphatic rings. The molecule has 31 heavy (non-hydrogen) atoms. The van der Waals surface area contributed by atoms with Crippen molar-refractivity contribution >= 4 is 22.8 Å². The van der Waals surface area contributed by atoms with Gasteiger partial charge in [0.15, 0.2) is 5.58 Å². The Morgan fingerprint density at radius 1 is 1.06 bits per heavy atom. The molecule has 0 bridgehead atoms. The van der Waals surface area contributed by atoms with Crippen molar-refractivity contribution < 1.29 is 19.1 Å². The number of benzene rings is 2. The Balaban J connectivity index is 1.27. The molecule has 1 fully saturated rings. The number of oxazole rings is 1. The predicted molar refractivity (Wildman–Crippen MR) is 118 cm³/mol. The van der Waals surface area contributed by atoms with Crippen molar-refractivity contribution in [1.29, 1.82) is 0 Å². The van der Waals surface area contributed by atoms with Crippen molar-refractivity contribution in [3.05, 3.63) is 58.6 Å². The number of hydrogen-bond acceptors (Lipinski definition) is 6. The fourth-order valence-electron chi connectivity index (χ4n) is 4.12. The van der Waals surface area contributed by atoms with E-state index in [2.05, 4.69) is 15.9 Å². The number of anilines is 1. The van der Waals surface area contributed by atoms with E-state index in [0.717, 1.165) is 57.0 Å². The minimum Gasteiger partial charge on any atom is -0.495 e. The molecule has 2 heterocycles. The van der Waals surface area contributed by atoms with Crippen LogP contribution in [0.4, 0.5) is 5.69 Å². The molecule has 0 atom stereocenters. The van der Waals surface area contributed by atoms with Crippen molar-refractivity contribution in [2.75, 3.05) is 44.7 Å². The summed E-state index contributed by atoms with van der Waals surface area (Å²) in [4.78, 5) is 28.1. The Morgan fingerprint density at radius 2 is 1.81 bits per heavy atom. The molecular formula is C23H27N3O5. The molecule has 1 saturated heterocycles. The zero-order chi connectivity index (χ0) is 21.8. The highest BCUT2D eigenvalue weighted by molar-refractivity contribution is 5.91. The minimum absolute atomic E-state index is 0.112. The number of aromatic carboxylic acids is 1. The highest BCUT2D eigenvalue weighted by Crippen LogP contribution is 2.28. The number of aryl methyl sites for hydroxylation is 1. The van der Waals surface area contributed by atoms with E-state index in [0.29, 0.717) is 17.6 Å². The maximum atomic E-state index is 12.2. The number of piperazine rings is 1. The second-order valence-corrected chi connectivity index (χ2v) is 7.71. The van der Waals surface area contributed by atoms with Crippen LogP contribution in [-0.4, -0.2) is 60.4 Å². The number of aromatic nitrogens is 1. The Bertz CT molecular complexity index is 1110. The van der Waals surface area contributed by atoms with E-state index in [1.807, 2.05) is 18.2 Å². The Labute approximate surface area is 180 Å². The van der Waals surface area contributed by atoms with Gasteiger partial charge in [-0.25, -0.2) is 9.59 Å². The number of fused-ring (bicyclic) bond motifs is 1. The third kappa shape index (κ3) is 4.59. The Morgan fingerprint density at radius 3 is 2.55 bits per heavy atom.